The zero-order valence-electron chi connectivity index (χ0n) is 10.7. The van der Waals surface area contributed by atoms with Gasteiger partial charge in [-0.1, -0.05) is 25.9 Å². The molecule has 18 heavy (non-hydrogen) atoms. The molecule has 0 aliphatic carbocycles. The maximum atomic E-state index is 5.61. The molecule has 6 heteroatoms. The van der Waals surface area contributed by atoms with Crippen molar-refractivity contribution in [2.75, 3.05) is 5.73 Å². The van der Waals surface area contributed by atoms with Crippen LogP contribution in [0.5, 0.6) is 0 Å². The van der Waals surface area contributed by atoms with Crippen molar-refractivity contribution < 1.29 is 4.52 Å². The molecule has 0 saturated heterocycles. The van der Waals surface area contributed by atoms with Gasteiger partial charge in [-0.2, -0.15) is 4.98 Å². The third kappa shape index (κ3) is 3.46. The van der Waals surface area contributed by atoms with Gasteiger partial charge in [-0.3, -0.25) is 0 Å². The van der Waals surface area contributed by atoms with Crippen molar-refractivity contribution in [3.8, 4) is 11.5 Å². The summed E-state index contributed by atoms with van der Waals surface area (Å²) in [5.74, 6) is 2.35. The average Bonchev–Trinajstić information content (AvgIpc) is 2.74. The van der Waals surface area contributed by atoms with Crippen molar-refractivity contribution >= 4 is 17.6 Å². The first-order valence-electron chi connectivity index (χ1n) is 5.62. The Balaban J connectivity index is 2.11. The van der Waals surface area contributed by atoms with Crippen LogP contribution in [0.3, 0.4) is 0 Å². The van der Waals surface area contributed by atoms with Gasteiger partial charge >= 0.3 is 0 Å². The molecule has 2 aromatic rings. The van der Waals surface area contributed by atoms with E-state index in [1.165, 1.54) is 0 Å². The monoisotopic (exact) mass is 264 g/mol. The number of pyridine rings is 1. The second-order valence-electron chi connectivity index (χ2n) is 4.89. The molecule has 0 spiro atoms. The molecule has 2 heterocycles. The summed E-state index contributed by atoms with van der Waals surface area (Å²) in [6.07, 6.45) is 1.62. The first kappa shape index (κ1) is 12.9. The Morgan fingerprint density at radius 2 is 2.17 bits per heavy atom. The molecule has 0 unspecified atom stereocenters. The Morgan fingerprint density at radius 3 is 2.83 bits per heavy atom. The molecule has 5 nitrogen and oxygen atoms in total. The van der Waals surface area contributed by atoms with Crippen molar-refractivity contribution in [3.63, 3.8) is 0 Å². The first-order chi connectivity index (χ1) is 8.44. The highest BCUT2D eigenvalue weighted by molar-refractivity contribution is 7.99. The molecule has 0 aliphatic rings. The van der Waals surface area contributed by atoms with Gasteiger partial charge in [0.15, 0.2) is 5.82 Å². The molecule has 0 saturated carbocycles. The van der Waals surface area contributed by atoms with Crippen molar-refractivity contribution in [3.05, 3.63) is 24.2 Å². The normalized spacial score (nSPS) is 11.7. The molecule has 0 bridgehead atoms. The molecule has 2 rings (SSSR count). The third-order valence-electron chi connectivity index (χ3n) is 2.13. The number of nitrogen functional groups attached to an aromatic ring is 1. The minimum Gasteiger partial charge on any atom is -0.384 e. The molecule has 2 aromatic heterocycles. The van der Waals surface area contributed by atoms with Gasteiger partial charge in [0.1, 0.15) is 5.82 Å². The number of hydrogen-bond acceptors (Lipinski definition) is 6. The molecule has 0 atom stereocenters. The van der Waals surface area contributed by atoms with E-state index in [9.17, 15) is 0 Å². The summed E-state index contributed by atoms with van der Waals surface area (Å²) < 4.78 is 5.40. The molecule has 0 fully saturated rings. The van der Waals surface area contributed by atoms with E-state index in [0.717, 1.165) is 11.3 Å². The Morgan fingerprint density at radius 1 is 1.39 bits per heavy atom. The lowest BCUT2D eigenvalue weighted by Crippen LogP contribution is -2.07. The highest BCUT2D eigenvalue weighted by Crippen LogP contribution is 2.27. The second-order valence-corrected chi connectivity index (χ2v) is 6.69. The molecule has 0 aliphatic heterocycles. The van der Waals surface area contributed by atoms with Crippen LogP contribution in [0.25, 0.3) is 11.5 Å². The van der Waals surface area contributed by atoms with E-state index in [1.807, 2.05) is 0 Å². The number of rotatable bonds is 3. The topological polar surface area (TPSA) is 77.8 Å². The largest absolute Gasteiger partial charge is 0.384 e. The second kappa shape index (κ2) is 4.97. The van der Waals surface area contributed by atoms with E-state index in [1.54, 1.807) is 30.1 Å². The zero-order valence-corrected chi connectivity index (χ0v) is 11.5. The van der Waals surface area contributed by atoms with Gasteiger partial charge in [0.05, 0.1) is 5.75 Å². The number of anilines is 1. The molecule has 0 radical (unpaired) electrons. The number of aromatic nitrogens is 3. The van der Waals surface area contributed by atoms with Crippen LogP contribution >= 0.6 is 11.8 Å². The average molecular weight is 264 g/mol. The highest BCUT2D eigenvalue weighted by Gasteiger charge is 2.14. The van der Waals surface area contributed by atoms with Gasteiger partial charge < -0.3 is 10.3 Å². The van der Waals surface area contributed by atoms with Crippen molar-refractivity contribution in [2.45, 2.75) is 31.3 Å². The van der Waals surface area contributed by atoms with Crippen molar-refractivity contribution in [1.82, 2.24) is 15.1 Å². The Kier molecular flexibility index (Phi) is 3.56. The minimum atomic E-state index is 0.182. The predicted octanol–water partition coefficient (Wildman–Crippen LogP) is 2.75. The standard InChI is InChI=1S/C12H16N4OS/c1-12(2,3)18-7-10-15-11(17-16-10)8-4-5-14-9(13)6-8/h4-6H,7H2,1-3H3,(H2,13,14). The fourth-order valence-electron chi connectivity index (χ4n) is 1.29. The summed E-state index contributed by atoms with van der Waals surface area (Å²) >= 11 is 1.78. The van der Waals surface area contributed by atoms with E-state index in [2.05, 4.69) is 35.9 Å². The smallest absolute Gasteiger partial charge is 0.258 e. The maximum absolute atomic E-state index is 5.61. The quantitative estimate of drug-likeness (QED) is 0.918. The lowest BCUT2D eigenvalue weighted by molar-refractivity contribution is 0.425. The van der Waals surface area contributed by atoms with E-state index in [-0.39, 0.29) is 4.75 Å². The van der Waals surface area contributed by atoms with Crippen LogP contribution in [-0.2, 0) is 5.75 Å². The Labute approximate surface area is 110 Å². The van der Waals surface area contributed by atoms with E-state index in [4.69, 9.17) is 10.3 Å². The van der Waals surface area contributed by atoms with Crippen LogP contribution in [0.15, 0.2) is 22.9 Å². The van der Waals surface area contributed by atoms with Crippen LogP contribution in [0, 0.1) is 0 Å². The highest BCUT2D eigenvalue weighted by atomic mass is 32.2. The first-order valence-corrected chi connectivity index (χ1v) is 6.61. The van der Waals surface area contributed by atoms with Crippen LogP contribution in [0.2, 0.25) is 0 Å². The number of thioether (sulfide) groups is 1. The van der Waals surface area contributed by atoms with Crippen LogP contribution < -0.4 is 5.73 Å². The predicted molar refractivity (Wildman–Crippen MR) is 73.0 cm³/mol. The molecule has 0 aromatic carbocycles. The van der Waals surface area contributed by atoms with E-state index in [0.29, 0.717) is 17.5 Å². The lowest BCUT2D eigenvalue weighted by Gasteiger charge is -2.15. The summed E-state index contributed by atoms with van der Waals surface area (Å²) in [6, 6.07) is 3.51. The van der Waals surface area contributed by atoms with Gasteiger partial charge in [0.25, 0.3) is 5.89 Å². The molecular formula is C12H16N4OS. The lowest BCUT2D eigenvalue weighted by atomic mass is 10.2. The van der Waals surface area contributed by atoms with Gasteiger partial charge in [0.2, 0.25) is 0 Å². The molecule has 96 valence electrons. The summed E-state index contributed by atoms with van der Waals surface area (Å²) in [6.45, 7) is 6.46. The maximum Gasteiger partial charge on any atom is 0.258 e. The number of hydrogen-bond donors (Lipinski definition) is 1. The molecular weight excluding hydrogens is 248 g/mol. The SMILES string of the molecule is CC(C)(C)SCc1noc(-c2ccnc(N)c2)n1. The van der Waals surface area contributed by atoms with Crippen molar-refractivity contribution in [2.24, 2.45) is 0 Å². The van der Waals surface area contributed by atoms with Crippen LogP contribution in [-0.4, -0.2) is 19.9 Å². The zero-order chi connectivity index (χ0) is 13.2. The van der Waals surface area contributed by atoms with Crippen LogP contribution in [0.4, 0.5) is 5.82 Å². The molecule has 2 N–H and O–H groups in total. The van der Waals surface area contributed by atoms with E-state index < -0.39 is 0 Å². The van der Waals surface area contributed by atoms with E-state index >= 15 is 0 Å². The summed E-state index contributed by atoms with van der Waals surface area (Å²) in [7, 11) is 0. The number of nitrogens with two attached hydrogens (primary N) is 1. The molecule has 0 amide bonds. The Bertz CT molecular complexity index is 533. The fourth-order valence-corrected chi connectivity index (χ4v) is 1.97. The third-order valence-corrected chi connectivity index (χ3v) is 3.40. The summed E-state index contributed by atoms with van der Waals surface area (Å²) in [5.41, 5.74) is 6.41. The van der Waals surface area contributed by atoms with Crippen LogP contribution in [0.1, 0.15) is 26.6 Å². The van der Waals surface area contributed by atoms with Gasteiger partial charge in [-0.15, -0.1) is 11.8 Å². The summed E-state index contributed by atoms with van der Waals surface area (Å²) in [4.78, 5) is 8.27. The Hall–Kier alpha value is -1.56. The number of nitrogens with zero attached hydrogens (tertiary/aromatic N) is 3. The fraction of sp³-hybridized carbons (Fsp3) is 0.417. The minimum absolute atomic E-state index is 0.182. The van der Waals surface area contributed by atoms with Gasteiger partial charge in [-0.25, -0.2) is 4.98 Å². The van der Waals surface area contributed by atoms with Gasteiger partial charge in [0, 0.05) is 16.5 Å². The summed E-state index contributed by atoms with van der Waals surface area (Å²) in [5, 5.41) is 3.96. The van der Waals surface area contributed by atoms with Crippen molar-refractivity contribution in [1.29, 1.82) is 0 Å². The van der Waals surface area contributed by atoms with Gasteiger partial charge in [-0.05, 0) is 12.1 Å².